The zero-order valence-electron chi connectivity index (χ0n) is 9.70. The van der Waals surface area contributed by atoms with Gasteiger partial charge < -0.3 is 0 Å². The lowest BCUT2D eigenvalue weighted by Gasteiger charge is -2.11. The van der Waals surface area contributed by atoms with Crippen LogP contribution < -0.4 is 4.72 Å². The normalized spacial score (nSPS) is 11.4. The van der Waals surface area contributed by atoms with Crippen molar-refractivity contribution in [2.75, 3.05) is 4.72 Å². The lowest BCUT2D eigenvalue weighted by atomic mass is 10.3. The van der Waals surface area contributed by atoms with Gasteiger partial charge in [-0.2, -0.15) is 0 Å². The van der Waals surface area contributed by atoms with E-state index in [1.807, 2.05) is 0 Å². The summed E-state index contributed by atoms with van der Waals surface area (Å²) in [6, 6.07) is 5.79. The molecule has 0 atom stereocenters. The average Bonchev–Trinajstić information content (AvgIpc) is 2.33. The molecule has 8 heteroatoms. The van der Waals surface area contributed by atoms with Crippen molar-refractivity contribution in [3.63, 3.8) is 0 Å². The van der Waals surface area contributed by atoms with Gasteiger partial charge in [0.15, 0.2) is 0 Å². The molecule has 3 nitrogen and oxygen atoms in total. The van der Waals surface area contributed by atoms with Gasteiger partial charge in [-0.25, -0.2) is 21.6 Å². The van der Waals surface area contributed by atoms with Crippen molar-refractivity contribution in [2.24, 2.45) is 0 Å². The topological polar surface area (TPSA) is 46.2 Å². The Morgan fingerprint density at radius 1 is 1.00 bits per heavy atom. The molecule has 0 spiro atoms. The number of para-hydroxylation sites is 1. The first-order valence-electron chi connectivity index (χ1n) is 5.23. The van der Waals surface area contributed by atoms with Gasteiger partial charge in [0.1, 0.15) is 28.0 Å². The standard InChI is InChI=1S/C12H7BrF3NO2S/c13-8-6-7(14)4-5-11(8)20(18,19)17-12-9(15)2-1-3-10(12)16/h1-6,17H. The molecule has 0 radical (unpaired) electrons. The summed E-state index contributed by atoms with van der Waals surface area (Å²) in [7, 11) is -4.25. The van der Waals surface area contributed by atoms with E-state index in [0.717, 1.165) is 36.4 Å². The van der Waals surface area contributed by atoms with E-state index in [9.17, 15) is 21.6 Å². The fraction of sp³-hybridized carbons (Fsp3) is 0. The van der Waals surface area contributed by atoms with Gasteiger partial charge in [0.05, 0.1) is 0 Å². The predicted molar refractivity (Wildman–Crippen MR) is 71.3 cm³/mol. The quantitative estimate of drug-likeness (QED) is 0.901. The monoisotopic (exact) mass is 365 g/mol. The number of benzene rings is 2. The van der Waals surface area contributed by atoms with Gasteiger partial charge in [0.2, 0.25) is 0 Å². The Morgan fingerprint density at radius 2 is 1.60 bits per heavy atom. The third kappa shape index (κ3) is 2.96. The number of sulfonamides is 1. The van der Waals surface area contributed by atoms with Gasteiger partial charge in [-0.15, -0.1) is 0 Å². The first kappa shape index (κ1) is 14.9. The van der Waals surface area contributed by atoms with Crippen LogP contribution in [-0.4, -0.2) is 8.42 Å². The lowest BCUT2D eigenvalue weighted by Crippen LogP contribution is -2.15. The zero-order valence-corrected chi connectivity index (χ0v) is 12.1. The van der Waals surface area contributed by atoms with Gasteiger partial charge in [-0.05, 0) is 46.3 Å². The minimum atomic E-state index is -4.25. The molecule has 0 aliphatic heterocycles. The van der Waals surface area contributed by atoms with E-state index in [1.165, 1.54) is 0 Å². The molecule has 0 unspecified atom stereocenters. The Kier molecular flexibility index (Phi) is 4.05. The second-order valence-corrected chi connectivity index (χ2v) is 6.28. The Bertz CT molecular complexity index is 745. The van der Waals surface area contributed by atoms with E-state index in [4.69, 9.17) is 0 Å². The summed E-state index contributed by atoms with van der Waals surface area (Å²) in [5.74, 6) is -2.74. The van der Waals surface area contributed by atoms with E-state index >= 15 is 0 Å². The second kappa shape index (κ2) is 5.45. The summed E-state index contributed by atoms with van der Waals surface area (Å²) in [4.78, 5) is -0.332. The lowest BCUT2D eigenvalue weighted by molar-refractivity contribution is 0.582. The third-order valence-corrected chi connectivity index (χ3v) is 4.71. The zero-order chi connectivity index (χ0) is 14.9. The van der Waals surface area contributed by atoms with Crippen LogP contribution in [0.15, 0.2) is 45.8 Å². The smallest absolute Gasteiger partial charge is 0.263 e. The van der Waals surface area contributed by atoms with Crippen LogP contribution >= 0.6 is 15.9 Å². The third-order valence-electron chi connectivity index (χ3n) is 2.38. The number of hydrogen-bond donors (Lipinski definition) is 1. The summed E-state index contributed by atoms with van der Waals surface area (Å²) in [5, 5.41) is 0. The Balaban J connectivity index is 2.46. The van der Waals surface area contributed by atoms with Crippen molar-refractivity contribution >= 4 is 31.6 Å². The minimum absolute atomic E-state index is 0.0539. The molecule has 2 rings (SSSR count). The van der Waals surface area contributed by atoms with Crippen LogP contribution in [-0.2, 0) is 10.0 Å². The molecule has 0 amide bonds. The number of rotatable bonds is 3. The fourth-order valence-corrected chi connectivity index (χ4v) is 3.60. The molecule has 106 valence electrons. The van der Waals surface area contributed by atoms with Crippen molar-refractivity contribution in [1.82, 2.24) is 0 Å². The summed E-state index contributed by atoms with van der Waals surface area (Å²) in [6.45, 7) is 0. The minimum Gasteiger partial charge on any atom is -0.274 e. The fourth-order valence-electron chi connectivity index (χ4n) is 1.48. The van der Waals surface area contributed by atoms with Gasteiger partial charge in [-0.1, -0.05) is 6.07 Å². The van der Waals surface area contributed by atoms with Crippen LogP contribution in [0.25, 0.3) is 0 Å². The Hall–Kier alpha value is -1.54. The molecule has 0 saturated carbocycles. The highest BCUT2D eigenvalue weighted by Crippen LogP contribution is 2.27. The van der Waals surface area contributed by atoms with Crippen LogP contribution in [0.4, 0.5) is 18.9 Å². The van der Waals surface area contributed by atoms with Crippen molar-refractivity contribution in [3.05, 3.63) is 58.3 Å². The maximum atomic E-state index is 13.4. The highest BCUT2D eigenvalue weighted by molar-refractivity contribution is 9.10. The first-order valence-corrected chi connectivity index (χ1v) is 7.51. The van der Waals surface area contributed by atoms with Crippen LogP contribution in [0, 0.1) is 17.5 Å². The van der Waals surface area contributed by atoms with E-state index in [-0.39, 0.29) is 9.37 Å². The summed E-state index contributed by atoms with van der Waals surface area (Å²) >= 11 is 2.89. The van der Waals surface area contributed by atoms with Crippen molar-refractivity contribution in [2.45, 2.75) is 4.90 Å². The second-order valence-electron chi connectivity index (χ2n) is 3.78. The highest BCUT2D eigenvalue weighted by atomic mass is 79.9. The Morgan fingerprint density at radius 3 is 2.15 bits per heavy atom. The van der Waals surface area contributed by atoms with Crippen LogP contribution in [0.2, 0.25) is 0 Å². The van der Waals surface area contributed by atoms with Crippen LogP contribution in [0.1, 0.15) is 0 Å². The van der Waals surface area contributed by atoms with E-state index in [2.05, 4.69) is 15.9 Å². The van der Waals surface area contributed by atoms with E-state index in [0.29, 0.717) is 0 Å². The molecule has 0 aliphatic carbocycles. The summed E-state index contributed by atoms with van der Waals surface area (Å²) in [6.07, 6.45) is 0. The van der Waals surface area contributed by atoms with Gasteiger partial charge in [0, 0.05) is 4.47 Å². The summed E-state index contributed by atoms with van der Waals surface area (Å²) < 4.78 is 65.6. The SMILES string of the molecule is O=S(=O)(Nc1c(F)cccc1F)c1ccc(F)cc1Br. The number of hydrogen-bond acceptors (Lipinski definition) is 2. The largest absolute Gasteiger partial charge is 0.274 e. The van der Waals surface area contributed by atoms with Gasteiger partial charge >= 0.3 is 0 Å². The molecule has 20 heavy (non-hydrogen) atoms. The average molecular weight is 366 g/mol. The van der Waals surface area contributed by atoms with E-state index in [1.54, 1.807) is 4.72 Å². The number of nitrogens with one attached hydrogen (secondary N) is 1. The molecule has 2 aromatic rings. The molecule has 0 fully saturated rings. The number of halogens is 4. The van der Waals surface area contributed by atoms with Crippen molar-refractivity contribution in [1.29, 1.82) is 0 Å². The Labute approximate surface area is 121 Å². The molecule has 0 saturated heterocycles. The van der Waals surface area contributed by atoms with E-state index < -0.39 is 33.2 Å². The van der Waals surface area contributed by atoms with Gasteiger partial charge in [0.25, 0.3) is 10.0 Å². The highest BCUT2D eigenvalue weighted by Gasteiger charge is 2.21. The van der Waals surface area contributed by atoms with Gasteiger partial charge in [-0.3, -0.25) is 4.72 Å². The first-order chi connectivity index (χ1) is 9.31. The number of anilines is 1. The molecular formula is C12H7BrF3NO2S. The van der Waals surface area contributed by atoms with Crippen molar-refractivity contribution < 1.29 is 21.6 Å². The molecule has 0 aromatic heterocycles. The molecular weight excluding hydrogens is 359 g/mol. The molecule has 0 aliphatic rings. The molecule has 0 bridgehead atoms. The summed E-state index contributed by atoms with van der Waals surface area (Å²) in [5.41, 5.74) is -0.788. The molecule has 1 N–H and O–H groups in total. The predicted octanol–water partition coefficient (Wildman–Crippen LogP) is 3.67. The van der Waals surface area contributed by atoms with Crippen LogP contribution in [0.5, 0.6) is 0 Å². The molecule has 2 aromatic carbocycles. The maximum absolute atomic E-state index is 13.4. The van der Waals surface area contributed by atoms with Crippen LogP contribution in [0.3, 0.4) is 0 Å². The van der Waals surface area contributed by atoms with Crippen molar-refractivity contribution in [3.8, 4) is 0 Å². The maximum Gasteiger partial charge on any atom is 0.263 e. The molecule has 0 heterocycles.